The number of ketones is 1. The molecule has 6 heteroatoms. The number of oxazole rings is 1. The largest absolute Gasteiger partial charge is 0.467 e. The van der Waals surface area contributed by atoms with Gasteiger partial charge in [-0.3, -0.25) is 4.79 Å². The Morgan fingerprint density at radius 3 is 2.36 bits per heavy atom. The van der Waals surface area contributed by atoms with Crippen molar-refractivity contribution in [2.75, 3.05) is 7.11 Å². The zero-order valence-corrected chi connectivity index (χ0v) is 18.7. The lowest BCUT2D eigenvalue weighted by Crippen LogP contribution is -2.22. The molecule has 0 bridgehead atoms. The van der Waals surface area contributed by atoms with Gasteiger partial charge in [-0.15, -0.1) is 0 Å². The lowest BCUT2D eigenvalue weighted by atomic mass is 10.0. The summed E-state index contributed by atoms with van der Waals surface area (Å²) in [5.74, 6) is 1.04. The highest BCUT2D eigenvalue weighted by Crippen LogP contribution is 2.23. The van der Waals surface area contributed by atoms with Crippen molar-refractivity contribution in [3.63, 3.8) is 0 Å². The number of ether oxygens (including phenoxy) is 1. The molecule has 1 atom stereocenters. The lowest BCUT2D eigenvalue weighted by Gasteiger charge is -2.16. The maximum absolute atomic E-state index is 12.7. The molecule has 33 heavy (non-hydrogen) atoms. The Balaban J connectivity index is 1.39. The standard InChI is InChI=1S/C27H26N2O4/c1-19-23(28-26(33-19)22-8-4-3-5-9-22)14-15-25(30)21-12-10-20(11-13-21)18-24(27(31)32-2)29-16-6-7-17-29/h3-13,16-17,24H,14-15,18H2,1-2H3. The van der Waals surface area contributed by atoms with Gasteiger partial charge in [0, 0.05) is 42.8 Å². The molecule has 2 heterocycles. The van der Waals surface area contributed by atoms with Crippen molar-refractivity contribution in [2.24, 2.45) is 0 Å². The molecule has 0 aliphatic rings. The van der Waals surface area contributed by atoms with Crippen molar-refractivity contribution < 1.29 is 18.7 Å². The Hall–Kier alpha value is -3.93. The Labute approximate surface area is 192 Å². The third kappa shape index (κ3) is 5.29. The van der Waals surface area contributed by atoms with E-state index in [2.05, 4.69) is 4.98 Å². The smallest absolute Gasteiger partial charge is 0.329 e. The number of nitrogens with zero attached hydrogens (tertiary/aromatic N) is 2. The second-order valence-corrected chi connectivity index (χ2v) is 7.88. The van der Waals surface area contributed by atoms with Crippen molar-refractivity contribution >= 4 is 11.8 Å². The first-order chi connectivity index (χ1) is 16.0. The van der Waals surface area contributed by atoms with E-state index in [0.29, 0.717) is 30.7 Å². The highest BCUT2D eigenvalue weighted by Gasteiger charge is 2.21. The van der Waals surface area contributed by atoms with E-state index >= 15 is 0 Å². The summed E-state index contributed by atoms with van der Waals surface area (Å²) < 4.78 is 12.6. The molecule has 0 N–H and O–H groups in total. The van der Waals surface area contributed by atoms with Crippen molar-refractivity contribution in [1.82, 2.24) is 9.55 Å². The van der Waals surface area contributed by atoms with Crippen LogP contribution in [0.2, 0.25) is 0 Å². The normalized spacial score (nSPS) is 11.8. The zero-order chi connectivity index (χ0) is 23.2. The number of benzene rings is 2. The molecule has 0 fully saturated rings. The minimum atomic E-state index is -0.444. The Morgan fingerprint density at radius 2 is 1.70 bits per heavy atom. The fourth-order valence-electron chi connectivity index (χ4n) is 3.79. The average molecular weight is 443 g/mol. The van der Waals surface area contributed by atoms with Gasteiger partial charge < -0.3 is 13.7 Å². The number of hydrogen-bond donors (Lipinski definition) is 0. The summed E-state index contributed by atoms with van der Waals surface area (Å²) in [4.78, 5) is 29.5. The van der Waals surface area contributed by atoms with Gasteiger partial charge in [-0.2, -0.15) is 0 Å². The van der Waals surface area contributed by atoms with E-state index in [1.165, 1.54) is 7.11 Å². The molecule has 6 nitrogen and oxygen atoms in total. The summed E-state index contributed by atoms with van der Waals surface area (Å²) >= 11 is 0. The predicted molar refractivity (Wildman–Crippen MR) is 125 cm³/mol. The lowest BCUT2D eigenvalue weighted by molar-refractivity contribution is -0.144. The van der Waals surface area contributed by atoms with Crippen molar-refractivity contribution in [3.05, 3.63) is 102 Å². The van der Waals surface area contributed by atoms with Gasteiger partial charge in [-0.1, -0.05) is 42.5 Å². The number of methoxy groups -OCH3 is 1. The summed E-state index contributed by atoms with van der Waals surface area (Å²) in [6, 6.07) is 20.4. The summed E-state index contributed by atoms with van der Waals surface area (Å²) in [6.07, 6.45) is 5.02. The second-order valence-electron chi connectivity index (χ2n) is 7.88. The van der Waals surface area contributed by atoms with Gasteiger partial charge in [-0.05, 0) is 36.8 Å². The Kier molecular flexibility index (Phi) is 6.83. The third-order valence-electron chi connectivity index (χ3n) is 5.67. The van der Waals surface area contributed by atoms with Gasteiger partial charge in [-0.25, -0.2) is 9.78 Å². The number of hydrogen-bond acceptors (Lipinski definition) is 5. The van der Waals surface area contributed by atoms with Crippen molar-refractivity contribution in [3.8, 4) is 11.5 Å². The zero-order valence-electron chi connectivity index (χ0n) is 18.7. The molecule has 0 spiro atoms. The molecule has 4 aromatic rings. The maximum Gasteiger partial charge on any atom is 0.329 e. The van der Waals surface area contributed by atoms with Crippen LogP contribution in [0, 0.1) is 6.92 Å². The number of rotatable bonds is 9. The van der Waals surface area contributed by atoms with Crippen LogP contribution in [0.3, 0.4) is 0 Å². The van der Waals surface area contributed by atoms with E-state index in [1.54, 1.807) is 0 Å². The topological polar surface area (TPSA) is 74.3 Å². The average Bonchev–Trinajstić information content (AvgIpc) is 3.51. The van der Waals surface area contributed by atoms with Gasteiger partial charge in [0.05, 0.1) is 12.8 Å². The van der Waals surface area contributed by atoms with Crippen molar-refractivity contribution in [1.29, 1.82) is 0 Å². The van der Waals surface area contributed by atoms with Gasteiger partial charge in [0.2, 0.25) is 5.89 Å². The molecule has 2 aromatic carbocycles. The van der Waals surface area contributed by atoms with E-state index in [0.717, 1.165) is 22.6 Å². The highest BCUT2D eigenvalue weighted by molar-refractivity contribution is 5.96. The molecule has 168 valence electrons. The predicted octanol–water partition coefficient (Wildman–Crippen LogP) is 5.22. The van der Waals surface area contributed by atoms with Gasteiger partial charge in [0.1, 0.15) is 11.8 Å². The third-order valence-corrected chi connectivity index (χ3v) is 5.67. The van der Waals surface area contributed by atoms with Crippen LogP contribution in [0.4, 0.5) is 0 Å². The van der Waals surface area contributed by atoms with Crippen LogP contribution in [0.1, 0.15) is 39.8 Å². The summed E-state index contributed by atoms with van der Waals surface area (Å²) in [7, 11) is 1.39. The van der Waals surface area contributed by atoms with Crippen LogP contribution in [0.25, 0.3) is 11.5 Å². The molecule has 0 radical (unpaired) electrons. The fraction of sp³-hybridized carbons (Fsp3) is 0.222. The number of Topliss-reactive ketones (excluding diaryl/α,β-unsaturated/α-hetero) is 1. The molecule has 1 unspecified atom stereocenters. The number of aryl methyl sites for hydroxylation is 2. The molecule has 0 aliphatic heterocycles. The van der Waals surface area contributed by atoms with Crippen LogP contribution in [0.15, 0.2) is 83.5 Å². The first kappa shape index (κ1) is 22.3. The van der Waals surface area contributed by atoms with Gasteiger partial charge in [0.15, 0.2) is 5.78 Å². The number of carbonyl (C=O) groups is 2. The van der Waals surface area contributed by atoms with Crippen LogP contribution in [-0.4, -0.2) is 28.4 Å². The number of esters is 1. The summed E-state index contributed by atoms with van der Waals surface area (Å²) in [5.41, 5.74) is 3.31. The quantitative estimate of drug-likeness (QED) is 0.262. The molecular formula is C27H26N2O4. The molecule has 0 aliphatic carbocycles. The summed E-state index contributed by atoms with van der Waals surface area (Å²) in [6.45, 7) is 1.87. The van der Waals surface area contributed by atoms with Crippen LogP contribution >= 0.6 is 0 Å². The van der Waals surface area contributed by atoms with Gasteiger partial charge in [0.25, 0.3) is 0 Å². The van der Waals surface area contributed by atoms with Crippen LogP contribution < -0.4 is 0 Å². The molecule has 0 amide bonds. The van der Waals surface area contributed by atoms with Crippen LogP contribution in [0.5, 0.6) is 0 Å². The van der Waals surface area contributed by atoms with E-state index in [-0.39, 0.29) is 11.8 Å². The molecule has 0 saturated carbocycles. The minimum Gasteiger partial charge on any atom is -0.467 e. The maximum atomic E-state index is 12.7. The van der Waals surface area contributed by atoms with E-state index < -0.39 is 6.04 Å². The molecule has 0 saturated heterocycles. The second kappa shape index (κ2) is 10.1. The van der Waals surface area contributed by atoms with Crippen molar-refractivity contribution in [2.45, 2.75) is 32.2 Å². The first-order valence-corrected chi connectivity index (χ1v) is 10.9. The number of carbonyl (C=O) groups excluding carboxylic acids is 2. The summed E-state index contributed by atoms with van der Waals surface area (Å²) in [5, 5.41) is 0. The highest BCUT2D eigenvalue weighted by atomic mass is 16.5. The van der Waals surface area contributed by atoms with E-state index in [9.17, 15) is 9.59 Å². The minimum absolute atomic E-state index is 0.0418. The fourth-order valence-corrected chi connectivity index (χ4v) is 3.79. The van der Waals surface area contributed by atoms with E-state index in [4.69, 9.17) is 9.15 Å². The van der Waals surface area contributed by atoms with Gasteiger partial charge >= 0.3 is 5.97 Å². The van der Waals surface area contributed by atoms with E-state index in [1.807, 2.05) is 90.6 Å². The van der Waals surface area contributed by atoms with Crippen LogP contribution in [-0.2, 0) is 22.4 Å². The number of aromatic nitrogens is 2. The first-order valence-electron chi connectivity index (χ1n) is 10.9. The SMILES string of the molecule is COC(=O)C(Cc1ccc(C(=O)CCc2nc(-c3ccccc3)oc2C)cc1)n1cccc1. The Morgan fingerprint density at radius 1 is 1.00 bits per heavy atom. The molecule has 2 aromatic heterocycles. The monoisotopic (exact) mass is 442 g/mol. The molecule has 4 rings (SSSR count). The molecular weight excluding hydrogens is 416 g/mol. The Bertz CT molecular complexity index is 1210.